The maximum absolute atomic E-state index is 11.9. The van der Waals surface area contributed by atoms with E-state index < -0.39 is 23.7 Å². The Hall–Kier alpha value is -0.890. The molecule has 0 radical (unpaired) electrons. The molecule has 0 bridgehead atoms. The summed E-state index contributed by atoms with van der Waals surface area (Å²) >= 11 is 0. The van der Waals surface area contributed by atoms with Gasteiger partial charge in [0.1, 0.15) is 11.7 Å². The van der Waals surface area contributed by atoms with Crippen LogP contribution in [0.3, 0.4) is 0 Å². The zero-order valence-electron chi connectivity index (χ0n) is 13.2. The van der Waals surface area contributed by atoms with E-state index in [-0.39, 0.29) is 17.6 Å². The van der Waals surface area contributed by atoms with Crippen molar-refractivity contribution in [2.45, 2.75) is 69.7 Å². The molecule has 3 fully saturated rings. The molecule has 3 saturated carbocycles. The average Bonchev–Trinajstić information content (AvgIpc) is 3.00. The van der Waals surface area contributed by atoms with Crippen molar-refractivity contribution in [3.8, 4) is 11.8 Å². The Kier molecular flexibility index (Phi) is 4.33. The van der Waals surface area contributed by atoms with Crippen LogP contribution in [0, 0.1) is 35.5 Å². The van der Waals surface area contributed by atoms with Crippen molar-refractivity contribution in [2.75, 3.05) is 0 Å². The van der Waals surface area contributed by atoms with E-state index in [2.05, 4.69) is 11.8 Å². The lowest BCUT2D eigenvalue weighted by Crippen LogP contribution is -2.68. The number of hydrogen-bond acceptors (Lipinski definition) is 4. The van der Waals surface area contributed by atoms with Gasteiger partial charge in [0, 0.05) is 11.8 Å². The molecule has 4 heteroatoms. The van der Waals surface area contributed by atoms with Crippen LogP contribution in [0.5, 0.6) is 0 Å². The number of hydrogen-bond donors (Lipinski definition) is 3. The van der Waals surface area contributed by atoms with Crippen LogP contribution in [0.15, 0.2) is 0 Å². The fourth-order valence-electron chi connectivity index (χ4n) is 4.72. The minimum absolute atomic E-state index is 0.122. The van der Waals surface area contributed by atoms with Gasteiger partial charge in [-0.2, -0.15) is 0 Å². The molecule has 122 valence electrons. The van der Waals surface area contributed by atoms with Crippen LogP contribution in [0.2, 0.25) is 0 Å². The van der Waals surface area contributed by atoms with E-state index in [9.17, 15) is 20.1 Å². The van der Waals surface area contributed by atoms with E-state index in [1.165, 1.54) is 25.7 Å². The van der Waals surface area contributed by atoms with Crippen LogP contribution in [-0.4, -0.2) is 38.9 Å². The van der Waals surface area contributed by atoms with Crippen molar-refractivity contribution < 1.29 is 20.1 Å². The largest absolute Gasteiger partial charge is 0.392 e. The lowest BCUT2D eigenvalue weighted by molar-refractivity contribution is -0.196. The first kappa shape index (κ1) is 16.0. The standard InChI is InChI=1S/C18H26O4/c1-11-16-14(15(20)8-9-18(16,22)17(11)21)7-6-13(19)10-12-4-2-3-5-12/h11-16,19-20,22H,2-5,8-10H2,1H3/t11?,13-,14-,15+,16+,18+/m1/s1. The smallest absolute Gasteiger partial charge is 0.167 e. The van der Waals surface area contributed by atoms with Crippen LogP contribution >= 0.6 is 0 Å². The van der Waals surface area contributed by atoms with Gasteiger partial charge < -0.3 is 15.3 Å². The van der Waals surface area contributed by atoms with E-state index in [0.29, 0.717) is 25.2 Å². The molecule has 3 rings (SSSR count). The number of fused-ring (bicyclic) bond motifs is 1. The molecule has 3 aliphatic carbocycles. The van der Waals surface area contributed by atoms with Crippen molar-refractivity contribution in [3.63, 3.8) is 0 Å². The molecule has 0 aromatic carbocycles. The molecular formula is C18H26O4. The Morgan fingerprint density at radius 1 is 1.32 bits per heavy atom. The molecule has 0 saturated heterocycles. The normalized spacial score (nSPS) is 43.0. The van der Waals surface area contributed by atoms with Crippen LogP contribution < -0.4 is 0 Å². The zero-order valence-corrected chi connectivity index (χ0v) is 13.2. The van der Waals surface area contributed by atoms with Gasteiger partial charge in [-0.3, -0.25) is 4.79 Å². The number of ketones is 1. The molecule has 0 aromatic heterocycles. The molecule has 3 aliphatic rings. The highest BCUT2D eigenvalue weighted by Crippen LogP contribution is 2.52. The van der Waals surface area contributed by atoms with E-state index in [1.807, 2.05) is 0 Å². The Morgan fingerprint density at radius 2 is 2.00 bits per heavy atom. The number of carbonyl (C=O) groups is 1. The van der Waals surface area contributed by atoms with Gasteiger partial charge in [0.05, 0.1) is 12.0 Å². The molecular weight excluding hydrogens is 280 g/mol. The lowest BCUT2D eigenvalue weighted by Gasteiger charge is -2.55. The summed E-state index contributed by atoms with van der Waals surface area (Å²) in [5.41, 5.74) is -1.30. The monoisotopic (exact) mass is 306 g/mol. The highest BCUT2D eigenvalue weighted by atomic mass is 16.3. The molecule has 0 aliphatic heterocycles. The summed E-state index contributed by atoms with van der Waals surface area (Å²) in [4.78, 5) is 11.9. The molecule has 0 spiro atoms. The van der Waals surface area contributed by atoms with Crippen LogP contribution in [0.4, 0.5) is 0 Å². The summed E-state index contributed by atoms with van der Waals surface area (Å²) in [7, 11) is 0. The molecule has 1 unspecified atom stereocenters. The zero-order chi connectivity index (χ0) is 15.9. The van der Waals surface area contributed by atoms with Crippen LogP contribution in [0.1, 0.15) is 51.9 Å². The van der Waals surface area contributed by atoms with Crippen molar-refractivity contribution in [1.29, 1.82) is 0 Å². The van der Waals surface area contributed by atoms with Gasteiger partial charge in [-0.1, -0.05) is 44.4 Å². The van der Waals surface area contributed by atoms with E-state index >= 15 is 0 Å². The molecule has 3 N–H and O–H groups in total. The SMILES string of the molecule is CC1C(=O)[C@]2(O)CC[C@H](O)[C@@H](C#C[C@@H](O)CC3CCCC3)[C@H]12. The summed E-state index contributed by atoms with van der Waals surface area (Å²) in [5, 5.41) is 30.8. The van der Waals surface area contributed by atoms with Crippen molar-refractivity contribution in [3.05, 3.63) is 0 Å². The number of Topliss-reactive ketones (excluding diaryl/α,β-unsaturated/α-hetero) is 1. The molecule has 22 heavy (non-hydrogen) atoms. The first-order chi connectivity index (χ1) is 10.4. The molecule has 4 nitrogen and oxygen atoms in total. The second kappa shape index (κ2) is 5.96. The summed E-state index contributed by atoms with van der Waals surface area (Å²) < 4.78 is 0. The Bertz CT molecular complexity index is 499. The fraction of sp³-hybridized carbons (Fsp3) is 0.833. The minimum atomic E-state index is -1.30. The number of aliphatic hydroxyl groups is 3. The molecule has 6 atom stereocenters. The average molecular weight is 306 g/mol. The van der Waals surface area contributed by atoms with E-state index in [4.69, 9.17) is 0 Å². The minimum Gasteiger partial charge on any atom is -0.392 e. The maximum Gasteiger partial charge on any atom is 0.167 e. The molecule has 0 amide bonds. The van der Waals surface area contributed by atoms with Crippen molar-refractivity contribution >= 4 is 5.78 Å². The third-order valence-electron chi connectivity index (χ3n) is 6.00. The van der Waals surface area contributed by atoms with Gasteiger partial charge in [-0.05, 0) is 25.2 Å². The summed E-state index contributed by atoms with van der Waals surface area (Å²) in [6, 6.07) is 0. The number of rotatable bonds is 2. The second-order valence-corrected chi connectivity index (χ2v) is 7.43. The Balaban J connectivity index is 1.67. The summed E-state index contributed by atoms with van der Waals surface area (Å²) in [5.74, 6) is 5.33. The van der Waals surface area contributed by atoms with Gasteiger partial charge in [0.2, 0.25) is 0 Å². The lowest BCUT2D eigenvalue weighted by atomic mass is 9.50. The summed E-state index contributed by atoms with van der Waals surface area (Å²) in [6.07, 6.45) is 4.93. The first-order valence-corrected chi connectivity index (χ1v) is 8.57. The van der Waals surface area contributed by atoms with Crippen LogP contribution in [0.25, 0.3) is 0 Å². The highest BCUT2D eigenvalue weighted by Gasteiger charge is 2.64. The Morgan fingerprint density at radius 3 is 2.68 bits per heavy atom. The first-order valence-electron chi connectivity index (χ1n) is 8.57. The predicted octanol–water partition coefficient (Wildman–Crippen LogP) is 1.27. The second-order valence-electron chi connectivity index (χ2n) is 7.43. The number of carbonyl (C=O) groups excluding carboxylic acids is 1. The van der Waals surface area contributed by atoms with Gasteiger partial charge in [0.15, 0.2) is 5.78 Å². The van der Waals surface area contributed by atoms with Crippen LogP contribution in [-0.2, 0) is 4.79 Å². The Labute approximate surface area is 131 Å². The molecule has 0 heterocycles. The van der Waals surface area contributed by atoms with Crippen molar-refractivity contribution in [1.82, 2.24) is 0 Å². The summed E-state index contributed by atoms with van der Waals surface area (Å²) in [6.45, 7) is 1.79. The van der Waals surface area contributed by atoms with E-state index in [0.717, 1.165) is 0 Å². The quantitative estimate of drug-likeness (QED) is 0.671. The van der Waals surface area contributed by atoms with Crippen molar-refractivity contribution in [2.24, 2.45) is 23.7 Å². The van der Waals surface area contributed by atoms with E-state index in [1.54, 1.807) is 6.92 Å². The maximum atomic E-state index is 11.9. The fourth-order valence-corrected chi connectivity index (χ4v) is 4.72. The third kappa shape index (κ3) is 2.60. The van der Waals surface area contributed by atoms with Gasteiger partial charge in [-0.15, -0.1) is 0 Å². The third-order valence-corrected chi connectivity index (χ3v) is 6.00. The molecule has 0 aromatic rings. The van der Waals surface area contributed by atoms with Gasteiger partial charge >= 0.3 is 0 Å². The number of aliphatic hydroxyl groups excluding tert-OH is 2. The topological polar surface area (TPSA) is 77.8 Å². The predicted molar refractivity (Wildman–Crippen MR) is 81.7 cm³/mol. The highest BCUT2D eigenvalue weighted by molar-refractivity contribution is 5.96. The van der Waals surface area contributed by atoms with Gasteiger partial charge in [0.25, 0.3) is 0 Å². The van der Waals surface area contributed by atoms with Gasteiger partial charge in [-0.25, -0.2) is 0 Å².